The number of likely N-dealkylation sites (N-methyl/N-ethyl adjacent to an activating group) is 1. The summed E-state index contributed by atoms with van der Waals surface area (Å²) < 4.78 is 5.43. The standard InChI is InChI=1S/C15H19NO4/c1-3-16(11-5-6-11)14(17)9-20-13-8-10(2)4-7-12(13)15(18)19/h4,7-8,11H,3,5-6,9H2,1-2H3,(H,18,19). The minimum atomic E-state index is -1.05. The maximum Gasteiger partial charge on any atom is 0.339 e. The number of hydrogen-bond acceptors (Lipinski definition) is 3. The lowest BCUT2D eigenvalue weighted by Crippen LogP contribution is -2.36. The summed E-state index contributed by atoms with van der Waals surface area (Å²) >= 11 is 0. The molecule has 0 heterocycles. The van der Waals surface area contributed by atoms with Gasteiger partial charge >= 0.3 is 5.97 Å². The molecule has 0 atom stereocenters. The van der Waals surface area contributed by atoms with Crippen LogP contribution < -0.4 is 4.74 Å². The Kier molecular flexibility index (Phi) is 4.27. The summed E-state index contributed by atoms with van der Waals surface area (Å²) in [6.45, 7) is 4.33. The molecule has 0 aliphatic heterocycles. The van der Waals surface area contributed by atoms with Gasteiger partial charge in [0.25, 0.3) is 5.91 Å². The van der Waals surface area contributed by atoms with Crippen molar-refractivity contribution in [3.8, 4) is 5.75 Å². The van der Waals surface area contributed by atoms with Crippen LogP contribution in [0.4, 0.5) is 0 Å². The smallest absolute Gasteiger partial charge is 0.339 e. The molecule has 0 saturated heterocycles. The summed E-state index contributed by atoms with van der Waals surface area (Å²) in [4.78, 5) is 24.9. The highest BCUT2D eigenvalue weighted by Crippen LogP contribution is 2.27. The number of nitrogens with zero attached hydrogens (tertiary/aromatic N) is 1. The predicted octanol–water partition coefficient (Wildman–Crippen LogP) is 2.08. The fourth-order valence-corrected chi connectivity index (χ4v) is 2.17. The molecule has 1 saturated carbocycles. The summed E-state index contributed by atoms with van der Waals surface area (Å²) in [6.07, 6.45) is 2.09. The Hall–Kier alpha value is -2.04. The number of amides is 1. The summed E-state index contributed by atoms with van der Waals surface area (Å²) in [5, 5.41) is 9.10. The summed E-state index contributed by atoms with van der Waals surface area (Å²) in [6, 6.07) is 5.19. The highest BCUT2D eigenvalue weighted by Gasteiger charge is 2.31. The van der Waals surface area contributed by atoms with Gasteiger partial charge < -0.3 is 14.7 Å². The normalized spacial score (nSPS) is 13.9. The van der Waals surface area contributed by atoms with Crippen LogP contribution in [0.25, 0.3) is 0 Å². The van der Waals surface area contributed by atoms with Crippen LogP contribution in [0.3, 0.4) is 0 Å². The van der Waals surface area contributed by atoms with Crippen LogP contribution in [0, 0.1) is 6.92 Å². The van der Waals surface area contributed by atoms with Gasteiger partial charge in [0.2, 0.25) is 0 Å². The molecule has 0 unspecified atom stereocenters. The lowest BCUT2D eigenvalue weighted by atomic mass is 10.1. The van der Waals surface area contributed by atoms with Crippen molar-refractivity contribution < 1.29 is 19.4 Å². The minimum absolute atomic E-state index is 0.0814. The Morgan fingerprint density at radius 1 is 1.40 bits per heavy atom. The molecule has 1 aliphatic rings. The van der Waals surface area contributed by atoms with Crippen LogP contribution in [-0.2, 0) is 4.79 Å². The number of carboxylic acid groups (broad SMARTS) is 1. The van der Waals surface area contributed by atoms with Crippen LogP contribution >= 0.6 is 0 Å². The van der Waals surface area contributed by atoms with E-state index in [1.165, 1.54) is 6.07 Å². The molecule has 5 nitrogen and oxygen atoms in total. The summed E-state index contributed by atoms with van der Waals surface area (Å²) in [5.41, 5.74) is 0.977. The van der Waals surface area contributed by atoms with Crippen LogP contribution in [0.5, 0.6) is 5.75 Å². The van der Waals surface area contributed by atoms with Gasteiger partial charge in [0, 0.05) is 12.6 Å². The molecule has 0 spiro atoms. The van der Waals surface area contributed by atoms with Crippen molar-refractivity contribution in [2.45, 2.75) is 32.7 Å². The van der Waals surface area contributed by atoms with E-state index in [9.17, 15) is 9.59 Å². The number of benzene rings is 1. The molecular formula is C15H19NO4. The van der Waals surface area contributed by atoms with Gasteiger partial charge in [0.05, 0.1) is 0 Å². The number of carbonyl (C=O) groups excluding carboxylic acids is 1. The molecule has 0 bridgehead atoms. The fourth-order valence-electron chi connectivity index (χ4n) is 2.17. The lowest BCUT2D eigenvalue weighted by Gasteiger charge is -2.20. The monoisotopic (exact) mass is 277 g/mol. The van der Waals surface area contributed by atoms with E-state index in [1.807, 2.05) is 13.8 Å². The highest BCUT2D eigenvalue weighted by molar-refractivity contribution is 5.91. The van der Waals surface area contributed by atoms with Gasteiger partial charge in [-0.25, -0.2) is 4.79 Å². The number of carboxylic acids is 1. The van der Waals surface area contributed by atoms with Gasteiger partial charge in [0.1, 0.15) is 11.3 Å². The third kappa shape index (κ3) is 3.29. The highest BCUT2D eigenvalue weighted by atomic mass is 16.5. The van der Waals surface area contributed by atoms with Crippen molar-refractivity contribution in [1.29, 1.82) is 0 Å². The van der Waals surface area contributed by atoms with E-state index in [0.29, 0.717) is 12.6 Å². The van der Waals surface area contributed by atoms with E-state index in [2.05, 4.69) is 0 Å². The van der Waals surface area contributed by atoms with Crippen LogP contribution in [0.15, 0.2) is 18.2 Å². The number of hydrogen-bond donors (Lipinski definition) is 1. The summed E-state index contributed by atoms with van der Waals surface area (Å²) in [7, 11) is 0. The van der Waals surface area contributed by atoms with Crippen LogP contribution in [0.2, 0.25) is 0 Å². The molecule has 1 amide bonds. The molecule has 5 heteroatoms. The number of rotatable bonds is 6. The predicted molar refractivity (Wildman–Crippen MR) is 74.0 cm³/mol. The first kappa shape index (κ1) is 14.4. The first-order chi connectivity index (χ1) is 9.52. The van der Waals surface area contributed by atoms with Crippen molar-refractivity contribution in [3.63, 3.8) is 0 Å². The van der Waals surface area contributed by atoms with E-state index in [4.69, 9.17) is 9.84 Å². The van der Waals surface area contributed by atoms with E-state index < -0.39 is 5.97 Å². The second-order valence-electron chi connectivity index (χ2n) is 5.00. The quantitative estimate of drug-likeness (QED) is 0.864. The molecular weight excluding hydrogens is 258 g/mol. The molecule has 20 heavy (non-hydrogen) atoms. The summed E-state index contributed by atoms with van der Waals surface area (Å²) in [5.74, 6) is -0.896. The largest absolute Gasteiger partial charge is 0.483 e. The molecule has 1 fully saturated rings. The van der Waals surface area contributed by atoms with Gasteiger partial charge in [-0.1, -0.05) is 6.07 Å². The Balaban J connectivity index is 2.04. The Morgan fingerprint density at radius 3 is 2.65 bits per heavy atom. The number of carbonyl (C=O) groups is 2. The zero-order chi connectivity index (χ0) is 14.7. The van der Waals surface area contributed by atoms with Crippen molar-refractivity contribution >= 4 is 11.9 Å². The topological polar surface area (TPSA) is 66.8 Å². The van der Waals surface area contributed by atoms with E-state index >= 15 is 0 Å². The number of aromatic carboxylic acids is 1. The second kappa shape index (κ2) is 5.94. The van der Waals surface area contributed by atoms with Crippen LogP contribution in [0.1, 0.15) is 35.7 Å². The zero-order valence-electron chi connectivity index (χ0n) is 11.8. The van der Waals surface area contributed by atoms with Crippen molar-refractivity contribution in [2.24, 2.45) is 0 Å². The maximum atomic E-state index is 12.0. The van der Waals surface area contributed by atoms with Gasteiger partial charge in [0.15, 0.2) is 6.61 Å². The first-order valence-corrected chi connectivity index (χ1v) is 6.79. The molecule has 0 radical (unpaired) electrons. The Morgan fingerprint density at radius 2 is 2.10 bits per heavy atom. The third-order valence-corrected chi connectivity index (χ3v) is 3.37. The number of ether oxygens (including phenoxy) is 1. The van der Waals surface area contributed by atoms with Gasteiger partial charge in [-0.15, -0.1) is 0 Å². The van der Waals surface area contributed by atoms with Gasteiger partial charge in [-0.3, -0.25) is 4.79 Å². The van der Waals surface area contributed by atoms with Crippen LogP contribution in [-0.4, -0.2) is 41.1 Å². The Labute approximate surface area is 118 Å². The third-order valence-electron chi connectivity index (χ3n) is 3.37. The van der Waals surface area contributed by atoms with Crippen molar-refractivity contribution in [2.75, 3.05) is 13.2 Å². The molecule has 0 aromatic heterocycles. The Bertz CT molecular complexity index is 523. The molecule has 1 aromatic rings. The maximum absolute atomic E-state index is 12.0. The fraction of sp³-hybridized carbons (Fsp3) is 0.467. The lowest BCUT2D eigenvalue weighted by molar-refractivity contribution is -0.133. The molecule has 1 aliphatic carbocycles. The zero-order valence-corrected chi connectivity index (χ0v) is 11.8. The molecule has 108 valence electrons. The molecule has 1 aromatic carbocycles. The van der Waals surface area contributed by atoms with Gasteiger partial charge in [-0.2, -0.15) is 0 Å². The van der Waals surface area contributed by atoms with E-state index in [1.54, 1.807) is 17.0 Å². The SMILES string of the molecule is CCN(C(=O)COc1cc(C)ccc1C(=O)O)C1CC1. The first-order valence-electron chi connectivity index (χ1n) is 6.79. The van der Waals surface area contributed by atoms with Gasteiger partial charge in [-0.05, 0) is 44.4 Å². The molecule has 2 rings (SSSR count). The minimum Gasteiger partial charge on any atom is -0.483 e. The molecule has 1 N–H and O–H groups in total. The van der Waals surface area contributed by atoms with Crippen molar-refractivity contribution in [3.05, 3.63) is 29.3 Å². The second-order valence-corrected chi connectivity index (χ2v) is 5.00. The van der Waals surface area contributed by atoms with E-state index in [0.717, 1.165) is 18.4 Å². The number of aryl methyl sites for hydroxylation is 1. The van der Waals surface area contributed by atoms with E-state index in [-0.39, 0.29) is 23.8 Å². The van der Waals surface area contributed by atoms with Crippen molar-refractivity contribution in [1.82, 2.24) is 4.90 Å². The average Bonchev–Trinajstić information content (AvgIpc) is 3.21. The average molecular weight is 277 g/mol.